The topological polar surface area (TPSA) is 550 Å². The minimum atomic E-state index is -0.0529. The van der Waals surface area contributed by atoms with Crippen molar-refractivity contribution >= 4 is 148 Å². The van der Waals surface area contributed by atoms with Crippen LogP contribution in [0.3, 0.4) is 0 Å². The predicted octanol–water partition coefficient (Wildman–Crippen LogP) is 20.2. The highest BCUT2D eigenvalue weighted by atomic mass is 16.5. The molecule has 0 heterocycles. The van der Waals surface area contributed by atoms with E-state index in [1.165, 1.54) is 17.8 Å². The van der Waals surface area contributed by atoms with Gasteiger partial charge in [-0.15, -0.1) is 0 Å². The molecule has 25 N–H and O–H groups in total. The summed E-state index contributed by atoms with van der Waals surface area (Å²) in [6.45, 7) is 36.5. The molecule has 6 aromatic rings. The maximum Gasteiger partial charge on any atom is 0.178 e. The van der Waals surface area contributed by atoms with Crippen LogP contribution in [-0.4, -0.2) is 170 Å². The molecule has 6 aliphatic carbocycles. The molecule has 0 radical (unpaired) electrons. The van der Waals surface area contributed by atoms with E-state index in [1.807, 2.05) is 101 Å². The Kier molecular flexibility index (Phi) is 47.3. The van der Waals surface area contributed by atoms with E-state index >= 15 is 0 Å². The number of nitrogen functional groups attached to an aromatic ring is 5. The molecule has 756 valence electrons. The van der Waals surface area contributed by atoms with Gasteiger partial charge in [0.1, 0.15) is 34.5 Å². The van der Waals surface area contributed by atoms with Crippen molar-refractivity contribution in [1.82, 2.24) is 0 Å². The monoisotopic (exact) mass is 1930 g/mol. The van der Waals surface area contributed by atoms with Crippen molar-refractivity contribution in [2.45, 2.75) is 167 Å². The molecule has 0 saturated carbocycles. The average Bonchev–Trinajstić information content (AvgIpc) is 0.818. The Balaban J connectivity index is 0.000000232. The number of rotatable bonds is 39. The predicted molar refractivity (Wildman–Crippen MR) is 592 cm³/mol. The molecule has 0 amide bonds. The minimum absolute atomic E-state index is 0.0529. The van der Waals surface area contributed by atoms with E-state index in [9.17, 15) is 9.90 Å². The zero-order valence-electron chi connectivity index (χ0n) is 84.9. The Morgan fingerprint density at radius 2 is 0.704 bits per heavy atom. The van der Waals surface area contributed by atoms with E-state index < -0.39 is 0 Å². The van der Waals surface area contributed by atoms with E-state index in [0.717, 1.165) is 140 Å². The second-order valence-electron chi connectivity index (χ2n) is 33.6. The maximum atomic E-state index is 11.1. The number of carbonyl (C=O) groups excluding carboxylic acids is 1. The van der Waals surface area contributed by atoms with Crippen LogP contribution in [0.2, 0.25) is 0 Å². The molecule has 6 aromatic carbocycles. The molecule has 32 nitrogen and oxygen atoms in total. The fraction of sp³-hybridized carbons (Fsp3) is 0.345. The first kappa shape index (κ1) is 114. The van der Waals surface area contributed by atoms with Crippen LogP contribution in [-0.2, 0) is 23.7 Å². The molecule has 0 atom stereocenters. The van der Waals surface area contributed by atoms with Gasteiger partial charge in [0.15, 0.2) is 5.78 Å². The van der Waals surface area contributed by atoms with Crippen molar-refractivity contribution in [3.63, 3.8) is 0 Å². The second kappa shape index (κ2) is 59.1. The molecular weight excluding hydrogens is 1790 g/mol. The van der Waals surface area contributed by atoms with E-state index in [-0.39, 0.29) is 36.1 Å². The molecule has 0 aromatic heterocycles. The number of anilines is 8. The number of allylic oxidation sites excluding steroid dienone is 16. The molecule has 0 spiro atoms. The number of nitrogens with one attached hydrogen (secondary N) is 5. The van der Waals surface area contributed by atoms with Crippen molar-refractivity contribution in [3.8, 4) is 11.5 Å². The number of aliphatic hydroxyl groups excluding tert-OH is 2. The highest BCUT2D eigenvalue weighted by Crippen LogP contribution is 2.37. The van der Waals surface area contributed by atoms with Crippen LogP contribution >= 0.6 is 0 Å². The Hall–Kier alpha value is -15.4. The largest absolute Gasteiger partial charge is 0.492 e. The smallest absolute Gasteiger partial charge is 0.178 e. The molecule has 0 saturated heterocycles. The van der Waals surface area contributed by atoms with Gasteiger partial charge < -0.3 is 110 Å². The number of aliphatic hydroxyl groups is 2. The van der Waals surface area contributed by atoms with Gasteiger partial charge in [-0.05, 0) is 275 Å². The van der Waals surface area contributed by atoms with Crippen LogP contribution in [0.15, 0.2) is 287 Å². The van der Waals surface area contributed by atoms with E-state index in [0.29, 0.717) is 196 Å². The highest BCUT2D eigenvalue weighted by Gasteiger charge is 2.23. The lowest BCUT2D eigenvalue weighted by molar-refractivity contribution is -0.110. The zero-order chi connectivity index (χ0) is 104. The van der Waals surface area contributed by atoms with Gasteiger partial charge in [0.05, 0.1) is 195 Å². The summed E-state index contributed by atoms with van der Waals surface area (Å²) in [5, 5.41) is 58.4. The third-order valence-electron chi connectivity index (χ3n) is 22.3. The molecule has 12 rings (SSSR count). The highest BCUT2D eigenvalue weighted by molar-refractivity contribution is 6.52. The van der Waals surface area contributed by atoms with Crippen molar-refractivity contribution < 1.29 is 43.4 Å². The molecule has 32 heteroatoms. The molecule has 0 unspecified atom stereocenters. The van der Waals surface area contributed by atoms with Crippen LogP contribution in [0.4, 0.5) is 79.6 Å². The fourth-order valence-corrected chi connectivity index (χ4v) is 13.9. The Morgan fingerprint density at radius 1 is 0.345 bits per heavy atom. The lowest BCUT2D eigenvalue weighted by atomic mass is 9.96. The van der Waals surface area contributed by atoms with Crippen LogP contribution in [0.5, 0.6) is 11.5 Å². The van der Waals surface area contributed by atoms with Gasteiger partial charge in [0, 0.05) is 98.0 Å². The summed E-state index contributed by atoms with van der Waals surface area (Å²) >= 11 is 0. The van der Waals surface area contributed by atoms with Crippen LogP contribution in [0, 0.1) is 34.0 Å². The number of aliphatic imine (C=N–C) groups is 6. The first-order valence-electron chi connectivity index (χ1n) is 48.5. The number of aryl methyl sites for hydroxylation is 1. The van der Waals surface area contributed by atoms with Gasteiger partial charge in [-0.25, -0.2) is 30.0 Å². The third kappa shape index (κ3) is 35.8. The van der Waals surface area contributed by atoms with Gasteiger partial charge in [-0.1, -0.05) is 66.7 Å². The molecule has 0 bridgehead atoms. The standard InChI is InChI=1S/C21H30N4O2.C21H30N4O.C18H24N4O2.C18H24N4O.C16H20N4O.C16H19N3O2/c1-4-6-11-27-21-14-20(17(22)13-18(21)23)24-19-8-7-16(12-15(19)3)25(5-2)9-10-26;1-5-7-12-26-21-14-20(18(22)13-19(21)23)24-16-8-10-17(11-9-16)25(6-2)15(3)4;1-3-22(9-10-23)14-7-5-13(6-8-14)21-17-12-18(24-4-2)16(20)11-15(17)19;1-4-5-8-23-18-10-17(14(20)9-15(18)21)22-16-7-6-13(19)11(2)12(16)3;1-2-3-8-21-16-10-15(13(18)9-14(16)19)20-12-6-4-11(17)5-7-12;1-2-3-8-21-16-10-15(13(17)9-14(16)18)19-11-4-6-12(20)7-5-11/h7-8,12-14,22,26H,4-6,9-11,23H2,1-3H3;8-11,13-15,22H,5-7,12,23H2,1-4H3;5-8,11-12,19,23H,3-4,9-10,20H2,1-2H3;6-7,9-10,19H,4-5,8,20-21H2,1-3H3;4-7,9-10,18H,2-3,8,17,19H2,1H3;4-7,9-10H,2-3,8,17-18H2,1H3. The fourth-order valence-electron chi connectivity index (χ4n) is 13.9. The summed E-state index contributed by atoms with van der Waals surface area (Å²) in [6.07, 6.45) is 33.1. The number of hydrogen-bond donors (Lipinski definition) is 16. The van der Waals surface area contributed by atoms with Gasteiger partial charge in [-0.2, -0.15) is 0 Å². The van der Waals surface area contributed by atoms with Gasteiger partial charge >= 0.3 is 0 Å². The van der Waals surface area contributed by atoms with Crippen molar-refractivity contribution in [3.05, 3.63) is 263 Å². The van der Waals surface area contributed by atoms with E-state index in [2.05, 4.69) is 125 Å². The van der Waals surface area contributed by atoms with E-state index in [1.54, 1.807) is 103 Å². The number of hydrogen-bond acceptors (Lipinski definition) is 32. The Bertz CT molecular complexity index is 5960. The van der Waals surface area contributed by atoms with Gasteiger partial charge in [0.25, 0.3) is 0 Å². The van der Waals surface area contributed by atoms with Crippen LogP contribution in [0.25, 0.3) is 0 Å². The first-order valence-corrected chi connectivity index (χ1v) is 48.5. The third-order valence-corrected chi connectivity index (χ3v) is 22.3. The molecule has 6 aliphatic rings. The SMILES string of the molecule is CCCCOC1=CC(=Nc2ccc(N(CC)C(C)C)cc2)C(=N)C=C1N.CCCCOC1=CC(=Nc2ccc(N(CC)CCO)cc2C)C(=N)C=C1N.CCCCOC1=CC(=Nc2ccc(N)cc2)C(=N)C=C1N.CCCCOc1cc(N=C2C=CC(=N)C(C)=C2C)c(N)cc1N.CCCCOc1cc(N=C2C=CC(=O)C=C2)c(N)cc1N.CCOC1=CC(=Nc2ccc(N(CC)CCO)cc2)C(=N)C=C1N. The maximum absolute atomic E-state index is 11.1. The summed E-state index contributed by atoms with van der Waals surface area (Å²) in [5.41, 5.74) is 73.4. The second-order valence-corrected chi connectivity index (χ2v) is 33.6. The quantitative estimate of drug-likeness (QED) is 0.00737. The summed E-state index contributed by atoms with van der Waals surface area (Å²) in [4.78, 5) is 44.8. The van der Waals surface area contributed by atoms with Crippen molar-refractivity contribution in [2.24, 2.45) is 52.9 Å². The number of benzene rings is 6. The van der Waals surface area contributed by atoms with Crippen LogP contribution in [0.1, 0.15) is 160 Å². The lowest BCUT2D eigenvalue weighted by Crippen LogP contribution is -2.30. The minimum Gasteiger partial charge on any atom is -0.492 e. The van der Waals surface area contributed by atoms with Crippen LogP contribution < -0.4 is 75.8 Å². The number of nitrogens with zero attached hydrogens (tertiary/aromatic N) is 9. The van der Waals surface area contributed by atoms with Crippen molar-refractivity contribution in [2.75, 3.05) is 129 Å². The Morgan fingerprint density at radius 3 is 1.08 bits per heavy atom. The molecule has 0 aliphatic heterocycles. The summed E-state index contributed by atoms with van der Waals surface area (Å²) in [7, 11) is 0. The number of ether oxygens (including phenoxy) is 6. The normalized spacial score (nSPS) is 15.7. The number of nitrogens with two attached hydrogens (primary N) is 9. The van der Waals surface area contributed by atoms with Crippen molar-refractivity contribution in [1.29, 1.82) is 27.0 Å². The number of carbonyl (C=O) groups is 1. The summed E-state index contributed by atoms with van der Waals surface area (Å²) in [5.74, 6) is 3.43. The summed E-state index contributed by atoms with van der Waals surface area (Å²) in [6, 6.07) is 36.2. The van der Waals surface area contributed by atoms with Gasteiger partial charge in [0.2, 0.25) is 0 Å². The van der Waals surface area contributed by atoms with E-state index in [4.69, 9.17) is 112 Å². The average molecular weight is 1940 g/mol. The number of likely N-dealkylation sites (N-methyl/N-ethyl adjacent to an activating group) is 2. The molecule has 0 fully saturated rings. The summed E-state index contributed by atoms with van der Waals surface area (Å²) < 4.78 is 33.9. The number of ketones is 1. The lowest BCUT2D eigenvalue weighted by Gasteiger charge is -2.27. The zero-order valence-corrected chi connectivity index (χ0v) is 84.9. The number of unbranched alkanes of at least 4 members (excludes halogenated alkanes) is 5. The molecular formula is C110H147N23O9. The van der Waals surface area contributed by atoms with Gasteiger partial charge in [-0.3, -0.25) is 26.4 Å². The Labute approximate surface area is 837 Å². The first-order chi connectivity index (χ1) is 68.2. The molecule has 142 heavy (non-hydrogen) atoms.